The third-order valence-corrected chi connectivity index (χ3v) is 8.08. The normalized spacial score (nSPS) is 19.1. The van der Waals surface area contributed by atoms with Crippen LogP contribution in [0.5, 0.6) is 11.5 Å². The lowest BCUT2D eigenvalue weighted by Crippen LogP contribution is -2.29. The first-order valence-electron chi connectivity index (χ1n) is 14.0. The van der Waals surface area contributed by atoms with E-state index >= 15 is 0 Å². The van der Waals surface area contributed by atoms with Gasteiger partial charge in [-0.3, -0.25) is 4.99 Å². The molecule has 4 aromatic carbocycles. The highest BCUT2D eigenvalue weighted by Crippen LogP contribution is 2.50. The van der Waals surface area contributed by atoms with Gasteiger partial charge in [0.15, 0.2) is 11.5 Å². The zero-order chi connectivity index (χ0) is 28.3. The van der Waals surface area contributed by atoms with E-state index in [-0.39, 0.29) is 18.5 Å². The van der Waals surface area contributed by atoms with Crippen molar-refractivity contribution in [3.8, 4) is 11.5 Å². The first-order valence-corrected chi connectivity index (χ1v) is 14.4. The molecule has 0 unspecified atom stereocenters. The molecular weight excluding hydrogens is 535 g/mol. The number of allylic oxidation sites excluding steroid dienone is 2. The second-order valence-electron chi connectivity index (χ2n) is 10.6. The Morgan fingerprint density at radius 2 is 1.85 bits per heavy atom. The van der Waals surface area contributed by atoms with Gasteiger partial charge in [0, 0.05) is 23.4 Å². The van der Waals surface area contributed by atoms with E-state index in [1.807, 2.05) is 25.1 Å². The number of halogens is 2. The van der Waals surface area contributed by atoms with Crippen molar-refractivity contribution in [1.82, 2.24) is 0 Å². The Kier molecular flexibility index (Phi) is 7.80. The molecule has 1 aliphatic heterocycles. The molecule has 1 aliphatic carbocycles. The maximum Gasteiger partial charge on any atom is 0.180 e. The zero-order valence-corrected chi connectivity index (χ0v) is 23.9. The standard InChI is InChI=1S/C35H32ClFN2O2/c1-3-40-33-19-23(18-30(36)35(33)41-21-25-7-4-5-10-31(25)37)20-38-26-14-12-24(13-15-26)34-28-9-6-8-27(28)29-17-22(2)11-16-32(29)39-34/h4-8,10-20,27-28,34,39H,3,9,21H2,1-2H3/t27-,28+,34-/m0/s1. The van der Waals surface area contributed by atoms with Crippen molar-refractivity contribution in [2.75, 3.05) is 11.9 Å². The van der Waals surface area contributed by atoms with Crippen LogP contribution in [0.15, 0.2) is 96.0 Å². The fourth-order valence-electron chi connectivity index (χ4n) is 5.79. The Balaban J connectivity index is 1.18. The van der Waals surface area contributed by atoms with E-state index < -0.39 is 0 Å². The minimum atomic E-state index is -0.324. The molecule has 6 heteroatoms. The average Bonchev–Trinajstić information content (AvgIpc) is 3.47. The molecule has 0 fully saturated rings. The molecule has 208 valence electrons. The van der Waals surface area contributed by atoms with E-state index in [9.17, 15) is 4.39 Å². The van der Waals surface area contributed by atoms with Gasteiger partial charge in [-0.05, 0) is 79.3 Å². The summed E-state index contributed by atoms with van der Waals surface area (Å²) in [7, 11) is 0. The second kappa shape index (κ2) is 11.8. The summed E-state index contributed by atoms with van der Waals surface area (Å²) in [5.41, 5.74) is 7.24. The molecule has 6 rings (SSSR count). The first-order chi connectivity index (χ1) is 20.0. The van der Waals surface area contributed by atoms with Gasteiger partial charge in [-0.15, -0.1) is 0 Å². The van der Waals surface area contributed by atoms with E-state index in [1.54, 1.807) is 30.5 Å². The number of aliphatic imine (C=N–C) groups is 1. The fourth-order valence-corrected chi connectivity index (χ4v) is 6.07. The molecule has 0 saturated carbocycles. The minimum Gasteiger partial charge on any atom is -0.490 e. The van der Waals surface area contributed by atoms with Crippen LogP contribution < -0.4 is 14.8 Å². The lowest BCUT2D eigenvalue weighted by molar-refractivity contribution is 0.266. The number of anilines is 1. The van der Waals surface area contributed by atoms with Gasteiger partial charge >= 0.3 is 0 Å². The fraction of sp³-hybridized carbons (Fsp3) is 0.229. The molecule has 0 spiro atoms. The maximum atomic E-state index is 14.1. The molecule has 3 atom stereocenters. The number of aryl methyl sites for hydroxylation is 1. The van der Waals surface area contributed by atoms with E-state index in [1.165, 1.54) is 28.4 Å². The summed E-state index contributed by atoms with van der Waals surface area (Å²) in [4.78, 5) is 4.69. The Hall–Kier alpha value is -4.09. The lowest BCUT2D eigenvalue weighted by atomic mass is 9.76. The minimum absolute atomic E-state index is 0.0466. The molecule has 4 aromatic rings. The van der Waals surface area contributed by atoms with Crippen LogP contribution in [0.3, 0.4) is 0 Å². The molecule has 2 aliphatic rings. The molecule has 0 bridgehead atoms. The summed E-state index contributed by atoms with van der Waals surface area (Å²) in [6, 6.07) is 25.5. The summed E-state index contributed by atoms with van der Waals surface area (Å²) in [5.74, 6) is 1.49. The predicted octanol–water partition coefficient (Wildman–Crippen LogP) is 9.34. The van der Waals surface area contributed by atoms with Gasteiger partial charge < -0.3 is 14.8 Å². The molecule has 0 amide bonds. The number of nitrogens with zero attached hydrogens (tertiary/aromatic N) is 1. The van der Waals surface area contributed by atoms with Crippen LogP contribution in [0.1, 0.15) is 53.1 Å². The highest BCUT2D eigenvalue weighted by atomic mass is 35.5. The molecule has 4 nitrogen and oxygen atoms in total. The van der Waals surface area contributed by atoms with Crippen molar-refractivity contribution >= 4 is 29.2 Å². The lowest BCUT2D eigenvalue weighted by Gasteiger charge is -2.37. The average molecular weight is 567 g/mol. The van der Waals surface area contributed by atoms with Crippen LogP contribution in [0.2, 0.25) is 5.02 Å². The highest BCUT2D eigenvalue weighted by Gasteiger charge is 2.37. The van der Waals surface area contributed by atoms with Gasteiger partial charge in [0.25, 0.3) is 0 Å². The predicted molar refractivity (Wildman–Crippen MR) is 165 cm³/mol. The molecule has 0 saturated heterocycles. The van der Waals surface area contributed by atoms with Crippen molar-refractivity contribution in [2.24, 2.45) is 10.9 Å². The van der Waals surface area contributed by atoms with Crippen molar-refractivity contribution in [3.63, 3.8) is 0 Å². The van der Waals surface area contributed by atoms with Gasteiger partial charge in [-0.25, -0.2) is 4.39 Å². The van der Waals surface area contributed by atoms with Gasteiger partial charge in [-0.1, -0.05) is 71.8 Å². The van der Waals surface area contributed by atoms with Gasteiger partial charge in [0.1, 0.15) is 12.4 Å². The van der Waals surface area contributed by atoms with Crippen LogP contribution in [-0.2, 0) is 6.61 Å². The Morgan fingerprint density at radius 3 is 2.66 bits per heavy atom. The Morgan fingerprint density at radius 1 is 1.02 bits per heavy atom. The Labute approximate surface area is 245 Å². The third-order valence-electron chi connectivity index (χ3n) is 7.79. The first kappa shape index (κ1) is 27.1. The van der Waals surface area contributed by atoms with Crippen molar-refractivity contribution in [2.45, 2.75) is 38.8 Å². The molecule has 1 heterocycles. The molecule has 1 N–H and O–H groups in total. The maximum absolute atomic E-state index is 14.1. The number of nitrogens with one attached hydrogen (secondary N) is 1. The van der Waals surface area contributed by atoms with Gasteiger partial charge in [0.05, 0.1) is 23.4 Å². The van der Waals surface area contributed by atoms with Crippen LogP contribution in [0, 0.1) is 18.7 Å². The van der Waals surface area contributed by atoms with Crippen LogP contribution >= 0.6 is 11.6 Å². The zero-order valence-electron chi connectivity index (χ0n) is 23.1. The third kappa shape index (κ3) is 5.73. The van der Waals surface area contributed by atoms with Crippen LogP contribution in [0.4, 0.5) is 15.8 Å². The number of fused-ring (bicyclic) bond motifs is 3. The van der Waals surface area contributed by atoms with E-state index in [4.69, 9.17) is 21.1 Å². The van der Waals surface area contributed by atoms with Crippen molar-refractivity contribution in [1.29, 1.82) is 0 Å². The van der Waals surface area contributed by atoms with Gasteiger partial charge in [0.2, 0.25) is 0 Å². The number of rotatable bonds is 8. The smallest absolute Gasteiger partial charge is 0.180 e. The summed E-state index contributed by atoms with van der Waals surface area (Å²) in [5, 5.41) is 4.18. The molecular formula is C35H32ClFN2O2. The van der Waals surface area contributed by atoms with Crippen LogP contribution in [0.25, 0.3) is 0 Å². The summed E-state index contributed by atoms with van der Waals surface area (Å²) in [6.07, 6.45) is 7.52. The number of hydrogen-bond acceptors (Lipinski definition) is 4. The summed E-state index contributed by atoms with van der Waals surface area (Å²) < 4.78 is 25.7. The second-order valence-corrected chi connectivity index (χ2v) is 11.0. The Bertz CT molecular complexity index is 1620. The highest BCUT2D eigenvalue weighted by molar-refractivity contribution is 6.32. The number of hydrogen-bond donors (Lipinski definition) is 1. The number of ether oxygens (including phenoxy) is 2. The summed E-state index contributed by atoms with van der Waals surface area (Å²) in [6.45, 7) is 4.53. The van der Waals surface area contributed by atoms with Gasteiger partial charge in [-0.2, -0.15) is 0 Å². The van der Waals surface area contributed by atoms with Crippen LogP contribution in [-0.4, -0.2) is 12.8 Å². The molecule has 41 heavy (non-hydrogen) atoms. The molecule has 0 aromatic heterocycles. The number of benzene rings is 4. The van der Waals surface area contributed by atoms with E-state index in [2.05, 4.69) is 59.7 Å². The van der Waals surface area contributed by atoms with E-state index in [0.717, 1.165) is 17.7 Å². The topological polar surface area (TPSA) is 42.8 Å². The largest absolute Gasteiger partial charge is 0.490 e. The SMILES string of the molecule is CCOc1cc(C=Nc2ccc([C@@H]3Nc4ccc(C)cc4[C@H]4C=CC[C@H]43)cc2)cc(Cl)c1OCc1ccccc1F. The summed E-state index contributed by atoms with van der Waals surface area (Å²) >= 11 is 6.58. The quantitative estimate of drug-likeness (QED) is 0.171. The molecule has 0 radical (unpaired) electrons. The monoisotopic (exact) mass is 566 g/mol. The van der Waals surface area contributed by atoms with E-state index in [0.29, 0.717) is 40.5 Å². The van der Waals surface area contributed by atoms with Crippen molar-refractivity contribution in [3.05, 3.63) is 130 Å². The van der Waals surface area contributed by atoms with Crippen molar-refractivity contribution < 1.29 is 13.9 Å².